The van der Waals surface area contributed by atoms with Crippen LogP contribution in [0.5, 0.6) is 0 Å². The third kappa shape index (κ3) is 2.25. The lowest BCUT2D eigenvalue weighted by molar-refractivity contribution is 1.57. The zero-order valence-corrected chi connectivity index (χ0v) is 9.91. The number of hydrogen-bond donors (Lipinski definition) is 0. The number of allylic oxidation sites excluding steroid dienone is 2. The minimum atomic E-state index is 1.28. The highest BCUT2D eigenvalue weighted by Crippen LogP contribution is 2.49. The Kier molecular flexibility index (Phi) is 3.04. The van der Waals surface area contributed by atoms with Crippen LogP contribution in [0.1, 0.15) is 19.4 Å². The summed E-state index contributed by atoms with van der Waals surface area (Å²) in [7, 11) is 0. The van der Waals surface area contributed by atoms with Crippen LogP contribution in [0.15, 0.2) is 44.4 Å². The van der Waals surface area contributed by atoms with Crippen molar-refractivity contribution in [2.75, 3.05) is 0 Å². The van der Waals surface area contributed by atoms with Gasteiger partial charge >= 0.3 is 0 Å². The highest BCUT2D eigenvalue weighted by molar-refractivity contribution is 8.28. The van der Waals surface area contributed by atoms with Crippen molar-refractivity contribution in [3.8, 4) is 0 Å². The smallest absolute Gasteiger partial charge is 0.0498 e. The molecule has 1 aliphatic heterocycles. The van der Waals surface area contributed by atoms with Crippen LogP contribution in [0.3, 0.4) is 0 Å². The van der Waals surface area contributed by atoms with Gasteiger partial charge in [-0.2, -0.15) is 0 Å². The Bertz CT molecular complexity index is 372. The summed E-state index contributed by atoms with van der Waals surface area (Å²) in [6.07, 6.45) is 2.25. The van der Waals surface area contributed by atoms with E-state index in [9.17, 15) is 0 Å². The third-order valence-corrected chi connectivity index (χ3v) is 4.58. The Hall–Kier alpha value is -0.600. The molecule has 0 saturated carbocycles. The first kappa shape index (κ1) is 9.94. The summed E-state index contributed by atoms with van der Waals surface area (Å²) in [6, 6.07) is 10.5. The summed E-state index contributed by atoms with van der Waals surface area (Å²) in [5.74, 6) is 0. The second-order valence-corrected chi connectivity index (χ2v) is 5.96. The first-order chi connectivity index (χ1) is 6.75. The van der Waals surface area contributed by atoms with Crippen molar-refractivity contribution in [1.82, 2.24) is 0 Å². The molecule has 0 bridgehead atoms. The fourth-order valence-corrected chi connectivity index (χ4v) is 3.66. The van der Waals surface area contributed by atoms with E-state index < -0.39 is 0 Å². The largest absolute Gasteiger partial charge is 0.0866 e. The van der Waals surface area contributed by atoms with Gasteiger partial charge in [0.05, 0.1) is 0 Å². The molecular weight excluding hydrogens is 208 g/mol. The zero-order valence-electron chi connectivity index (χ0n) is 8.28. The van der Waals surface area contributed by atoms with Crippen molar-refractivity contribution in [2.24, 2.45) is 0 Å². The fraction of sp³-hybridized carbons (Fsp3) is 0.167. The van der Waals surface area contributed by atoms with Crippen molar-refractivity contribution in [1.29, 1.82) is 0 Å². The first-order valence-electron chi connectivity index (χ1n) is 4.55. The number of hydrogen-bond acceptors (Lipinski definition) is 2. The molecule has 0 aliphatic carbocycles. The number of benzene rings is 1. The van der Waals surface area contributed by atoms with Crippen LogP contribution in [0.25, 0.3) is 6.08 Å². The fourth-order valence-electron chi connectivity index (χ4n) is 1.21. The molecule has 0 aromatic heterocycles. The van der Waals surface area contributed by atoms with Gasteiger partial charge in [0.2, 0.25) is 0 Å². The van der Waals surface area contributed by atoms with E-state index in [4.69, 9.17) is 0 Å². The molecule has 2 rings (SSSR count). The predicted molar refractivity (Wildman–Crippen MR) is 68.0 cm³/mol. The molecule has 1 heterocycles. The Morgan fingerprint density at radius 2 is 1.50 bits per heavy atom. The highest BCUT2D eigenvalue weighted by Gasteiger charge is 2.13. The third-order valence-electron chi connectivity index (χ3n) is 2.09. The van der Waals surface area contributed by atoms with Crippen LogP contribution in [-0.4, -0.2) is 0 Å². The molecule has 72 valence electrons. The lowest BCUT2D eigenvalue weighted by Crippen LogP contribution is -1.69. The van der Waals surface area contributed by atoms with Gasteiger partial charge in [0.1, 0.15) is 0 Å². The standard InChI is InChI=1S/C12H12S2/c1-9-10(2)14-12(13-9)8-11-6-4-3-5-7-11/h3-8H,1-2H3. The van der Waals surface area contributed by atoms with E-state index in [1.807, 2.05) is 29.6 Å². The summed E-state index contributed by atoms with van der Waals surface area (Å²) in [5.41, 5.74) is 1.28. The lowest BCUT2D eigenvalue weighted by atomic mass is 10.2. The molecule has 0 fully saturated rings. The topological polar surface area (TPSA) is 0 Å². The van der Waals surface area contributed by atoms with E-state index in [-0.39, 0.29) is 0 Å². The quantitative estimate of drug-likeness (QED) is 0.672. The van der Waals surface area contributed by atoms with E-state index in [2.05, 4.69) is 44.2 Å². The Morgan fingerprint density at radius 3 is 2.07 bits per heavy atom. The second-order valence-electron chi connectivity index (χ2n) is 3.19. The van der Waals surface area contributed by atoms with Gasteiger partial charge in [-0.15, -0.1) is 0 Å². The van der Waals surface area contributed by atoms with Crippen molar-refractivity contribution in [3.63, 3.8) is 0 Å². The maximum absolute atomic E-state index is 2.25. The van der Waals surface area contributed by atoms with E-state index in [0.29, 0.717) is 0 Å². The number of rotatable bonds is 1. The van der Waals surface area contributed by atoms with Crippen molar-refractivity contribution in [3.05, 3.63) is 49.9 Å². The van der Waals surface area contributed by atoms with Gasteiger partial charge in [-0.3, -0.25) is 0 Å². The first-order valence-corrected chi connectivity index (χ1v) is 6.19. The van der Waals surface area contributed by atoms with Gasteiger partial charge in [-0.1, -0.05) is 53.9 Å². The molecule has 0 atom stereocenters. The van der Waals surface area contributed by atoms with Crippen molar-refractivity contribution < 1.29 is 0 Å². The van der Waals surface area contributed by atoms with Crippen LogP contribution in [0.4, 0.5) is 0 Å². The SMILES string of the molecule is CC1=C(C)SC(=Cc2ccccc2)S1. The van der Waals surface area contributed by atoms with Gasteiger partial charge in [-0.25, -0.2) is 0 Å². The monoisotopic (exact) mass is 220 g/mol. The molecule has 0 amide bonds. The molecule has 1 aromatic rings. The zero-order chi connectivity index (χ0) is 9.97. The molecular formula is C12H12S2. The molecule has 0 saturated heterocycles. The number of thioether (sulfide) groups is 2. The predicted octanol–water partition coefficient (Wildman–Crippen LogP) is 4.72. The Labute approximate surface area is 93.5 Å². The second kappa shape index (κ2) is 4.28. The van der Waals surface area contributed by atoms with Crippen LogP contribution in [-0.2, 0) is 0 Å². The highest BCUT2D eigenvalue weighted by atomic mass is 32.2. The van der Waals surface area contributed by atoms with E-state index in [0.717, 1.165) is 0 Å². The van der Waals surface area contributed by atoms with Crippen molar-refractivity contribution >= 4 is 29.6 Å². The summed E-state index contributed by atoms with van der Waals surface area (Å²) in [4.78, 5) is 2.86. The van der Waals surface area contributed by atoms with Gasteiger partial charge in [0.15, 0.2) is 0 Å². The Morgan fingerprint density at radius 1 is 0.929 bits per heavy atom. The summed E-state index contributed by atoms with van der Waals surface area (Å²) >= 11 is 3.74. The molecule has 0 N–H and O–H groups in total. The van der Waals surface area contributed by atoms with E-state index >= 15 is 0 Å². The van der Waals surface area contributed by atoms with Gasteiger partial charge < -0.3 is 0 Å². The normalized spacial score (nSPS) is 16.3. The molecule has 0 radical (unpaired) electrons. The van der Waals surface area contributed by atoms with E-state index in [1.54, 1.807) is 0 Å². The minimum Gasteiger partial charge on any atom is -0.0866 e. The average molecular weight is 220 g/mol. The van der Waals surface area contributed by atoms with Gasteiger partial charge in [0, 0.05) is 4.24 Å². The van der Waals surface area contributed by atoms with Crippen LogP contribution in [0.2, 0.25) is 0 Å². The molecule has 1 aromatic carbocycles. The van der Waals surface area contributed by atoms with Crippen LogP contribution < -0.4 is 0 Å². The average Bonchev–Trinajstić information content (AvgIpc) is 2.47. The summed E-state index contributed by atoms with van der Waals surface area (Å²) in [6.45, 7) is 4.36. The maximum Gasteiger partial charge on any atom is 0.0498 e. The van der Waals surface area contributed by atoms with Crippen LogP contribution >= 0.6 is 23.5 Å². The molecule has 0 unspecified atom stereocenters. The van der Waals surface area contributed by atoms with E-state index in [1.165, 1.54) is 19.6 Å². The molecule has 2 heteroatoms. The van der Waals surface area contributed by atoms with Crippen LogP contribution in [0, 0.1) is 0 Å². The molecule has 0 spiro atoms. The Balaban J connectivity index is 2.16. The maximum atomic E-state index is 2.25. The van der Waals surface area contributed by atoms with Gasteiger partial charge in [0.25, 0.3) is 0 Å². The molecule has 0 nitrogen and oxygen atoms in total. The van der Waals surface area contributed by atoms with Crippen molar-refractivity contribution in [2.45, 2.75) is 13.8 Å². The molecule has 1 aliphatic rings. The summed E-state index contributed by atoms with van der Waals surface area (Å²) in [5, 5.41) is 0. The lowest BCUT2D eigenvalue weighted by Gasteiger charge is -1.96. The minimum absolute atomic E-state index is 1.28. The molecule has 14 heavy (non-hydrogen) atoms. The summed E-state index contributed by atoms with van der Waals surface area (Å²) < 4.78 is 1.38. The van der Waals surface area contributed by atoms with Gasteiger partial charge in [-0.05, 0) is 35.3 Å².